The van der Waals surface area contributed by atoms with Crippen molar-refractivity contribution in [2.45, 2.75) is 19.3 Å². The second-order valence-corrected chi connectivity index (χ2v) is 7.10. The summed E-state index contributed by atoms with van der Waals surface area (Å²) in [5.74, 6) is -0.783. The first kappa shape index (κ1) is 19.8. The van der Waals surface area contributed by atoms with Crippen molar-refractivity contribution in [2.24, 2.45) is 0 Å². The van der Waals surface area contributed by atoms with E-state index >= 15 is 0 Å². The lowest BCUT2D eigenvalue weighted by atomic mass is 10.1. The van der Waals surface area contributed by atoms with Gasteiger partial charge in [0.15, 0.2) is 10.4 Å². The van der Waals surface area contributed by atoms with Crippen LogP contribution < -0.4 is 5.32 Å². The van der Waals surface area contributed by atoms with Gasteiger partial charge in [-0.25, -0.2) is 0 Å². The molecule has 1 N–H and O–H groups in total. The summed E-state index contributed by atoms with van der Waals surface area (Å²) >= 11 is 3.14. The minimum Gasteiger partial charge on any atom is -0.444 e. The van der Waals surface area contributed by atoms with E-state index in [4.69, 9.17) is 4.42 Å². The molecule has 0 aliphatic carbocycles. The number of carbonyl (C=O) groups excluding carboxylic acids is 2. The van der Waals surface area contributed by atoms with Gasteiger partial charge in [0.2, 0.25) is 0 Å². The average Bonchev–Trinajstić information content (AvgIpc) is 3.14. The summed E-state index contributed by atoms with van der Waals surface area (Å²) in [7, 11) is 0. The molecular formula is C19H18BrN3O5. The number of nitrogens with one attached hydrogen (secondary N) is 1. The quantitative estimate of drug-likeness (QED) is 0.426. The van der Waals surface area contributed by atoms with Gasteiger partial charge in [-0.15, -0.1) is 0 Å². The molecule has 2 amide bonds. The lowest BCUT2D eigenvalue weighted by molar-refractivity contribution is -0.384. The molecule has 2 heterocycles. The van der Waals surface area contributed by atoms with Crippen LogP contribution >= 0.6 is 15.9 Å². The summed E-state index contributed by atoms with van der Waals surface area (Å²) in [5.41, 5.74) is 0.602. The molecule has 0 bridgehead atoms. The van der Waals surface area contributed by atoms with E-state index in [1.54, 1.807) is 11.0 Å². The van der Waals surface area contributed by atoms with Crippen LogP contribution in [0, 0.1) is 10.1 Å². The maximum atomic E-state index is 12.9. The van der Waals surface area contributed by atoms with Gasteiger partial charge in [-0.05, 0) is 71.1 Å². The lowest BCUT2D eigenvalue weighted by Crippen LogP contribution is -2.41. The second kappa shape index (κ2) is 8.83. The molecule has 8 nitrogen and oxygen atoms in total. The molecule has 1 aliphatic heterocycles. The van der Waals surface area contributed by atoms with Crippen molar-refractivity contribution in [2.75, 3.05) is 13.1 Å². The number of benzene rings is 1. The van der Waals surface area contributed by atoms with E-state index < -0.39 is 10.8 Å². The van der Waals surface area contributed by atoms with Crippen LogP contribution in [-0.4, -0.2) is 34.7 Å². The summed E-state index contributed by atoms with van der Waals surface area (Å²) in [4.78, 5) is 37.4. The molecule has 0 radical (unpaired) electrons. The number of likely N-dealkylation sites (tertiary alicyclic amines) is 1. The van der Waals surface area contributed by atoms with Crippen LogP contribution in [0.1, 0.15) is 35.4 Å². The van der Waals surface area contributed by atoms with Crippen LogP contribution in [0.5, 0.6) is 0 Å². The van der Waals surface area contributed by atoms with Gasteiger partial charge in [-0.3, -0.25) is 19.7 Å². The molecule has 1 aromatic carbocycles. The lowest BCUT2D eigenvalue weighted by Gasteiger charge is -2.27. The van der Waals surface area contributed by atoms with Gasteiger partial charge in [-0.1, -0.05) is 0 Å². The Hall–Kier alpha value is -2.94. The second-order valence-electron chi connectivity index (χ2n) is 6.32. The van der Waals surface area contributed by atoms with E-state index in [9.17, 15) is 19.7 Å². The molecule has 0 spiro atoms. The average molecular weight is 448 g/mol. The summed E-state index contributed by atoms with van der Waals surface area (Å²) in [6.45, 7) is 1.25. The molecular weight excluding hydrogens is 430 g/mol. The predicted octanol–water partition coefficient (Wildman–Crippen LogP) is 3.73. The number of halogens is 1. The normalized spacial score (nSPS) is 14.6. The van der Waals surface area contributed by atoms with Crippen molar-refractivity contribution in [3.63, 3.8) is 0 Å². The molecule has 1 aromatic heterocycles. The largest absolute Gasteiger partial charge is 0.444 e. The maximum absolute atomic E-state index is 12.9. The Morgan fingerprint density at radius 2 is 1.79 bits per heavy atom. The molecule has 146 valence electrons. The topological polar surface area (TPSA) is 106 Å². The van der Waals surface area contributed by atoms with Gasteiger partial charge >= 0.3 is 0 Å². The van der Waals surface area contributed by atoms with E-state index in [0.29, 0.717) is 23.3 Å². The number of non-ortho nitro benzene ring substituents is 1. The summed E-state index contributed by atoms with van der Waals surface area (Å²) < 4.78 is 5.64. The van der Waals surface area contributed by atoms with Gasteiger partial charge < -0.3 is 14.6 Å². The van der Waals surface area contributed by atoms with Crippen molar-refractivity contribution < 1.29 is 18.9 Å². The van der Waals surface area contributed by atoms with Crippen molar-refractivity contribution in [3.8, 4) is 0 Å². The molecule has 1 aliphatic rings. The number of piperidine rings is 1. The Bertz CT molecular complexity index is 914. The van der Waals surface area contributed by atoms with Gasteiger partial charge in [0.25, 0.3) is 17.5 Å². The van der Waals surface area contributed by atoms with Crippen molar-refractivity contribution >= 4 is 39.5 Å². The number of nitro groups is 1. The predicted molar refractivity (Wildman–Crippen MR) is 105 cm³/mol. The fourth-order valence-electron chi connectivity index (χ4n) is 2.90. The van der Waals surface area contributed by atoms with Crippen LogP contribution in [0.15, 0.2) is 51.2 Å². The first-order chi connectivity index (χ1) is 13.4. The highest BCUT2D eigenvalue weighted by atomic mass is 79.9. The molecule has 2 aromatic rings. The zero-order valence-electron chi connectivity index (χ0n) is 14.9. The molecule has 9 heteroatoms. The molecule has 0 atom stereocenters. The van der Waals surface area contributed by atoms with E-state index in [-0.39, 0.29) is 23.1 Å². The Balaban J connectivity index is 1.87. The van der Waals surface area contributed by atoms with Gasteiger partial charge in [0.05, 0.1) is 4.92 Å². The first-order valence-corrected chi connectivity index (χ1v) is 9.55. The number of rotatable bonds is 5. The highest BCUT2D eigenvalue weighted by Crippen LogP contribution is 2.18. The van der Waals surface area contributed by atoms with Crippen molar-refractivity contribution in [1.82, 2.24) is 10.2 Å². The van der Waals surface area contributed by atoms with E-state index in [0.717, 1.165) is 19.3 Å². The number of carbonyl (C=O) groups is 2. The van der Waals surface area contributed by atoms with Gasteiger partial charge in [0.1, 0.15) is 5.70 Å². The Kier molecular flexibility index (Phi) is 6.25. The number of nitro benzene ring substituents is 1. The zero-order valence-corrected chi connectivity index (χ0v) is 16.5. The smallest absolute Gasteiger partial charge is 0.291 e. The SMILES string of the molecule is O=C(NC(=Cc1ccc([N+](=O)[O-])cc1)C(=O)N1CCCCC1)c1ccc(Br)o1. The number of amides is 2. The van der Waals surface area contributed by atoms with E-state index in [2.05, 4.69) is 21.2 Å². The Labute approximate surface area is 169 Å². The minimum atomic E-state index is -0.552. The summed E-state index contributed by atoms with van der Waals surface area (Å²) in [6, 6.07) is 8.82. The Morgan fingerprint density at radius 3 is 2.36 bits per heavy atom. The molecule has 0 saturated carbocycles. The first-order valence-electron chi connectivity index (χ1n) is 8.76. The molecule has 1 fully saturated rings. The number of hydrogen-bond donors (Lipinski definition) is 1. The number of nitrogens with zero attached hydrogens (tertiary/aromatic N) is 2. The highest BCUT2D eigenvalue weighted by molar-refractivity contribution is 9.10. The maximum Gasteiger partial charge on any atom is 0.291 e. The van der Waals surface area contributed by atoms with Gasteiger partial charge in [-0.2, -0.15) is 0 Å². The van der Waals surface area contributed by atoms with Crippen LogP contribution in [-0.2, 0) is 4.79 Å². The van der Waals surface area contributed by atoms with Crippen LogP contribution in [0.2, 0.25) is 0 Å². The van der Waals surface area contributed by atoms with Crippen LogP contribution in [0.4, 0.5) is 5.69 Å². The third kappa shape index (κ3) is 4.86. The van der Waals surface area contributed by atoms with Crippen molar-refractivity contribution in [1.29, 1.82) is 0 Å². The monoisotopic (exact) mass is 447 g/mol. The van der Waals surface area contributed by atoms with E-state index in [1.165, 1.54) is 36.4 Å². The van der Waals surface area contributed by atoms with Crippen molar-refractivity contribution in [3.05, 3.63) is 68.2 Å². The summed E-state index contributed by atoms with van der Waals surface area (Å²) in [5, 5.41) is 13.4. The number of furan rings is 1. The molecule has 0 unspecified atom stereocenters. The molecule has 1 saturated heterocycles. The fraction of sp³-hybridized carbons (Fsp3) is 0.263. The van der Waals surface area contributed by atoms with Crippen LogP contribution in [0.3, 0.4) is 0 Å². The van der Waals surface area contributed by atoms with Gasteiger partial charge in [0, 0.05) is 25.2 Å². The highest BCUT2D eigenvalue weighted by Gasteiger charge is 2.23. The third-order valence-electron chi connectivity index (χ3n) is 4.33. The molecule has 3 rings (SSSR count). The number of hydrogen-bond acceptors (Lipinski definition) is 5. The molecule has 28 heavy (non-hydrogen) atoms. The standard InChI is InChI=1S/C19H18BrN3O5/c20-17-9-8-16(28-17)18(24)21-15(19(25)22-10-2-1-3-11-22)12-13-4-6-14(7-5-13)23(26)27/h4-9,12H,1-3,10-11H2,(H,21,24). The Morgan fingerprint density at radius 1 is 1.11 bits per heavy atom. The van der Waals surface area contributed by atoms with E-state index in [1.807, 2.05) is 0 Å². The fourth-order valence-corrected chi connectivity index (χ4v) is 3.20. The summed E-state index contributed by atoms with van der Waals surface area (Å²) in [6.07, 6.45) is 4.40. The zero-order chi connectivity index (χ0) is 20.1. The minimum absolute atomic E-state index is 0.0504. The van der Waals surface area contributed by atoms with Crippen LogP contribution in [0.25, 0.3) is 6.08 Å². The third-order valence-corrected chi connectivity index (χ3v) is 4.76.